The van der Waals surface area contributed by atoms with E-state index in [1.165, 1.54) is 19.4 Å². The Morgan fingerprint density at radius 1 is 1.33 bits per heavy atom. The molecule has 0 aromatic heterocycles. The first-order valence-electron chi connectivity index (χ1n) is 4.97. The summed E-state index contributed by atoms with van der Waals surface area (Å²) in [6, 6.07) is 0.646. The van der Waals surface area contributed by atoms with Crippen LogP contribution in [-0.2, 0) is 4.74 Å². The summed E-state index contributed by atoms with van der Waals surface area (Å²) in [6.07, 6.45) is 3.36. The van der Waals surface area contributed by atoms with Crippen LogP contribution in [-0.4, -0.2) is 36.7 Å². The molecule has 1 unspecified atom stereocenters. The number of hydrogen-bond acceptors (Lipinski definition) is 2. The minimum absolute atomic E-state index is 0.356. The van der Waals surface area contributed by atoms with Crippen LogP contribution in [0, 0.1) is 0 Å². The van der Waals surface area contributed by atoms with E-state index >= 15 is 0 Å². The fourth-order valence-corrected chi connectivity index (χ4v) is 2.05. The summed E-state index contributed by atoms with van der Waals surface area (Å²) in [4.78, 5) is 2.41. The Kier molecular flexibility index (Phi) is 3.53. The van der Waals surface area contributed by atoms with Crippen molar-refractivity contribution in [2.24, 2.45) is 0 Å². The Morgan fingerprint density at radius 3 is 2.42 bits per heavy atom. The Morgan fingerprint density at radius 2 is 2.00 bits per heavy atom. The first-order chi connectivity index (χ1) is 5.61. The van der Waals surface area contributed by atoms with Crippen molar-refractivity contribution >= 4 is 0 Å². The standard InChI is InChI=1S/C10H21NO/c1-8(2)12-9(3)10-6-5-7-11(10)4/h8-10H,5-7H2,1-4H3/t9?,10-/m0/s1. The molecule has 1 heterocycles. The van der Waals surface area contributed by atoms with Crippen molar-refractivity contribution in [3.63, 3.8) is 0 Å². The molecule has 2 nitrogen and oxygen atoms in total. The monoisotopic (exact) mass is 171 g/mol. The van der Waals surface area contributed by atoms with Gasteiger partial charge in [-0.25, -0.2) is 0 Å². The van der Waals surface area contributed by atoms with Crippen LogP contribution in [0.4, 0.5) is 0 Å². The number of nitrogens with zero attached hydrogens (tertiary/aromatic N) is 1. The lowest BCUT2D eigenvalue weighted by Gasteiger charge is -2.27. The van der Waals surface area contributed by atoms with Gasteiger partial charge in [-0.05, 0) is 47.2 Å². The van der Waals surface area contributed by atoms with Gasteiger partial charge in [-0.1, -0.05) is 0 Å². The fraction of sp³-hybridized carbons (Fsp3) is 1.00. The zero-order valence-electron chi connectivity index (χ0n) is 8.71. The molecule has 2 heteroatoms. The van der Waals surface area contributed by atoms with Crippen LogP contribution in [0.25, 0.3) is 0 Å². The highest BCUT2D eigenvalue weighted by Crippen LogP contribution is 2.20. The maximum absolute atomic E-state index is 5.76. The van der Waals surface area contributed by atoms with E-state index in [0.29, 0.717) is 18.2 Å². The van der Waals surface area contributed by atoms with Gasteiger partial charge < -0.3 is 9.64 Å². The number of rotatable bonds is 3. The summed E-state index contributed by atoms with van der Waals surface area (Å²) in [5, 5.41) is 0. The minimum atomic E-state index is 0.356. The molecule has 2 atom stereocenters. The lowest BCUT2D eigenvalue weighted by atomic mass is 10.1. The Hall–Kier alpha value is -0.0800. The van der Waals surface area contributed by atoms with E-state index in [2.05, 4.69) is 32.7 Å². The van der Waals surface area contributed by atoms with E-state index < -0.39 is 0 Å². The molecule has 0 N–H and O–H groups in total. The van der Waals surface area contributed by atoms with Crippen LogP contribution < -0.4 is 0 Å². The zero-order chi connectivity index (χ0) is 9.14. The third-order valence-electron chi connectivity index (χ3n) is 2.61. The molecule has 1 aliphatic heterocycles. The Labute approximate surface area is 75.9 Å². The van der Waals surface area contributed by atoms with Gasteiger partial charge in [-0.15, -0.1) is 0 Å². The quantitative estimate of drug-likeness (QED) is 0.643. The smallest absolute Gasteiger partial charge is 0.0705 e. The molecular formula is C10H21NO. The fourth-order valence-electron chi connectivity index (χ4n) is 2.05. The predicted octanol–water partition coefficient (Wildman–Crippen LogP) is 1.89. The second kappa shape index (κ2) is 4.24. The average Bonchev–Trinajstić information content (AvgIpc) is 2.33. The van der Waals surface area contributed by atoms with Gasteiger partial charge in [0.2, 0.25) is 0 Å². The molecule has 0 bridgehead atoms. The Balaban J connectivity index is 2.35. The van der Waals surface area contributed by atoms with Gasteiger partial charge in [0.05, 0.1) is 12.2 Å². The van der Waals surface area contributed by atoms with Crippen molar-refractivity contribution in [2.75, 3.05) is 13.6 Å². The van der Waals surface area contributed by atoms with Crippen molar-refractivity contribution in [3.8, 4) is 0 Å². The number of likely N-dealkylation sites (tertiary alicyclic amines) is 1. The summed E-state index contributed by atoms with van der Waals surface area (Å²) >= 11 is 0. The van der Waals surface area contributed by atoms with E-state index in [4.69, 9.17) is 4.74 Å². The maximum atomic E-state index is 5.76. The predicted molar refractivity (Wildman–Crippen MR) is 51.3 cm³/mol. The van der Waals surface area contributed by atoms with E-state index in [1.807, 2.05) is 0 Å². The van der Waals surface area contributed by atoms with Gasteiger partial charge >= 0.3 is 0 Å². The van der Waals surface area contributed by atoms with E-state index in [9.17, 15) is 0 Å². The molecule has 0 aliphatic carbocycles. The third-order valence-corrected chi connectivity index (χ3v) is 2.61. The van der Waals surface area contributed by atoms with Crippen molar-refractivity contribution in [2.45, 2.75) is 51.9 Å². The van der Waals surface area contributed by atoms with Crippen LogP contribution in [0.2, 0.25) is 0 Å². The van der Waals surface area contributed by atoms with Crippen molar-refractivity contribution < 1.29 is 4.74 Å². The highest BCUT2D eigenvalue weighted by Gasteiger charge is 2.27. The third kappa shape index (κ3) is 2.46. The molecule has 0 saturated carbocycles. The molecule has 0 radical (unpaired) electrons. The van der Waals surface area contributed by atoms with Crippen molar-refractivity contribution in [3.05, 3.63) is 0 Å². The largest absolute Gasteiger partial charge is 0.374 e. The lowest BCUT2D eigenvalue weighted by Crippen LogP contribution is -2.37. The normalized spacial score (nSPS) is 28.2. The molecule has 1 rings (SSSR count). The maximum Gasteiger partial charge on any atom is 0.0705 e. The van der Waals surface area contributed by atoms with Gasteiger partial charge in [0, 0.05) is 6.04 Å². The highest BCUT2D eigenvalue weighted by molar-refractivity contribution is 4.81. The molecule has 0 aromatic carbocycles. The topological polar surface area (TPSA) is 12.5 Å². The molecule has 1 fully saturated rings. The second-order valence-corrected chi connectivity index (χ2v) is 4.08. The molecular weight excluding hydrogens is 150 g/mol. The van der Waals surface area contributed by atoms with Crippen molar-refractivity contribution in [1.29, 1.82) is 0 Å². The molecule has 0 aromatic rings. The van der Waals surface area contributed by atoms with Gasteiger partial charge in [0.15, 0.2) is 0 Å². The molecule has 1 saturated heterocycles. The summed E-state index contributed by atoms with van der Waals surface area (Å²) < 4.78 is 5.76. The first-order valence-corrected chi connectivity index (χ1v) is 4.97. The van der Waals surface area contributed by atoms with Crippen LogP contribution in [0.5, 0.6) is 0 Å². The lowest BCUT2D eigenvalue weighted by molar-refractivity contribution is -0.0201. The zero-order valence-corrected chi connectivity index (χ0v) is 8.71. The van der Waals surface area contributed by atoms with E-state index in [-0.39, 0.29) is 0 Å². The summed E-state index contributed by atoms with van der Waals surface area (Å²) in [7, 11) is 2.19. The van der Waals surface area contributed by atoms with Crippen LogP contribution in [0.1, 0.15) is 33.6 Å². The number of ether oxygens (including phenoxy) is 1. The van der Waals surface area contributed by atoms with Gasteiger partial charge in [0.1, 0.15) is 0 Å². The SMILES string of the molecule is CC(C)OC(C)[C@@H]1CCCN1C. The minimum Gasteiger partial charge on any atom is -0.374 e. The molecule has 0 spiro atoms. The number of likely N-dealkylation sites (N-methyl/N-ethyl adjacent to an activating group) is 1. The molecule has 1 aliphatic rings. The van der Waals surface area contributed by atoms with Crippen molar-refractivity contribution in [1.82, 2.24) is 4.90 Å². The second-order valence-electron chi connectivity index (χ2n) is 4.08. The number of hydrogen-bond donors (Lipinski definition) is 0. The average molecular weight is 171 g/mol. The first kappa shape index (κ1) is 10.0. The molecule has 12 heavy (non-hydrogen) atoms. The summed E-state index contributed by atoms with van der Waals surface area (Å²) in [5.41, 5.74) is 0. The van der Waals surface area contributed by atoms with E-state index in [0.717, 1.165) is 0 Å². The highest BCUT2D eigenvalue weighted by atomic mass is 16.5. The summed E-state index contributed by atoms with van der Waals surface area (Å²) in [6.45, 7) is 7.62. The van der Waals surface area contributed by atoms with Gasteiger partial charge in [-0.3, -0.25) is 0 Å². The summed E-state index contributed by atoms with van der Waals surface area (Å²) in [5.74, 6) is 0. The van der Waals surface area contributed by atoms with Crippen LogP contribution in [0.3, 0.4) is 0 Å². The van der Waals surface area contributed by atoms with Gasteiger partial charge in [-0.2, -0.15) is 0 Å². The molecule has 0 amide bonds. The van der Waals surface area contributed by atoms with Gasteiger partial charge in [0.25, 0.3) is 0 Å². The van der Waals surface area contributed by atoms with Crippen LogP contribution in [0.15, 0.2) is 0 Å². The van der Waals surface area contributed by atoms with Crippen LogP contribution >= 0.6 is 0 Å². The van der Waals surface area contributed by atoms with E-state index in [1.54, 1.807) is 0 Å². The Bertz CT molecular complexity index is 136. The molecule has 72 valence electrons.